The summed E-state index contributed by atoms with van der Waals surface area (Å²) in [5.74, 6) is -0.759. The third-order valence-corrected chi connectivity index (χ3v) is 0.854. The predicted molar refractivity (Wildman–Crippen MR) is 46.8 cm³/mol. The molecule has 0 heterocycles. The Morgan fingerprint density at radius 2 is 2.00 bits per heavy atom. The first kappa shape index (κ1) is 13.3. The fourth-order valence-corrected chi connectivity index (χ4v) is 0.358. The molecule has 0 rings (SSSR count). The molecule has 4 heteroatoms. The maximum Gasteiger partial charge on any atom is 0.300 e. The molecule has 1 amide bonds. The number of aliphatic carboxylic acids is 1. The van der Waals surface area contributed by atoms with E-state index < -0.39 is 5.97 Å². The van der Waals surface area contributed by atoms with Crippen LogP contribution >= 0.6 is 0 Å². The maximum absolute atomic E-state index is 10.4. The number of allylic oxidation sites excluding steroid dienone is 1. The highest BCUT2D eigenvalue weighted by Crippen LogP contribution is 1.86. The van der Waals surface area contributed by atoms with Gasteiger partial charge in [-0.3, -0.25) is 9.59 Å². The summed E-state index contributed by atoms with van der Waals surface area (Å²) >= 11 is 0. The van der Waals surface area contributed by atoms with Crippen molar-refractivity contribution >= 4 is 11.9 Å². The van der Waals surface area contributed by atoms with Gasteiger partial charge >= 0.3 is 0 Å². The van der Waals surface area contributed by atoms with Crippen molar-refractivity contribution in [3.8, 4) is 0 Å². The Bertz CT molecular complexity index is 150. The van der Waals surface area contributed by atoms with Crippen molar-refractivity contribution in [1.29, 1.82) is 0 Å². The summed E-state index contributed by atoms with van der Waals surface area (Å²) in [5, 5.41) is 9.93. The summed E-state index contributed by atoms with van der Waals surface area (Å²) in [6, 6.07) is 0. The standard InChI is InChI=1S/C6H11NO.C2H4O2/c1-3-4-5-6(8)7-2;1-2(3)4/h3H,1,4-5H2,2H3,(H,7,8);1H3,(H,3,4). The van der Waals surface area contributed by atoms with Gasteiger partial charge in [0.1, 0.15) is 0 Å². The van der Waals surface area contributed by atoms with Crippen LogP contribution in [-0.2, 0) is 9.59 Å². The van der Waals surface area contributed by atoms with Crippen LogP contribution in [0.25, 0.3) is 0 Å². The van der Waals surface area contributed by atoms with Crippen LogP contribution in [0, 0.1) is 0 Å². The van der Waals surface area contributed by atoms with Gasteiger partial charge in [0.05, 0.1) is 0 Å². The quantitative estimate of drug-likeness (QED) is 0.620. The van der Waals surface area contributed by atoms with Crippen molar-refractivity contribution in [2.45, 2.75) is 19.8 Å². The predicted octanol–water partition coefficient (Wildman–Crippen LogP) is 0.790. The lowest BCUT2D eigenvalue weighted by Crippen LogP contribution is -2.16. The third-order valence-electron chi connectivity index (χ3n) is 0.854. The van der Waals surface area contributed by atoms with Crippen LogP contribution in [0.15, 0.2) is 12.7 Å². The first-order valence-electron chi connectivity index (χ1n) is 3.55. The molecular formula is C8H15NO3. The van der Waals surface area contributed by atoms with E-state index in [-0.39, 0.29) is 5.91 Å². The molecule has 0 aromatic carbocycles. The number of carboxylic acid groups (broad SMARTS) is 1. The fraction of sp³-hybridized carbons (Fsp3) is 0.500. The summed E-state index contributed by atoms with van der Waals surface area (Å²) in [6.45, 7) is 4.57. The highest BCUT2D eigenvalue weighted by atomic mass is 16.4. The minimum Gasteiger partial charge on any atom is -0.481 e. The normalized spacial score (nSPS) is 7.50. The molecule has 0 unspecified atom stereocenters. The van der Waals surface area contributed by atoms with Crippen LogP contribution in [0.2, 0.25) is 0 Å². The zero-order valence-corrected chi connectivity index (χ0v) is 7.46. The fourth-order valence-electron chi connectivity index (χ4n) is 0.358. The summed E-state index contributed by atoms with van der Waals surface area (Å²) in [5.41, 5.74) is 0. The summed E-state index contributed by atoms with van der Waals surface area (Å²) in [7, 11) is 1.63. The minimum atomic E-state index is -0.833. The number of hydrogen-bond acceptors (Lipinski definition) is 2. The topological polar surface area (TPSA) is 66.4 Å². The molecule has 0 fully saturated rings. The largest absolute Gasteiger partial charge is 0.481 e. The third kappa shape index (κ3) is 23.4. The monoisotopic (exact) mass is 173 g/mol. The van der Waals surface area contributed by atoms with Gasteiger partial charge in [-0.05, 0) is 6.42 Å². The van der Waals surface area contributed by atoms with Gasteiger partial charge in [0, 0.05) is 20.4 Å². The molecule has 0 aromatic heterocycles. The van der Waals surface area contributed by atoms with E-state index in [2.05, 4.69) is 11.9 Å². The molecule has 2 N–H and O–H groups in total. The average molecular weight is 173 g/mol. The number of amides is 1. The van der Waals surface area contributed by atoms with Crippen molar-refractivity contribution in [3.63, 3.8) is 0 Å². The van der Waals surface area contributed by atoms with Crippen LogP contribution in [0.4, 0.5) is 0 Å². The summed E-state index contributed by atoms with van der Waals surface area (Å²) < 4.78 is 0. The molecule has 0 aliphatic rings. The van der Waals surface area contributed by atoms with E-state index in [1.807, 2.05) is 0 Å². The number of nitrogens with one attached hydrogen (secondary N) is 1. The molecule has 0 saturated carbocycles. The van der Waals surface area contributed by atoms with Crippen LogP contribution in [0.3, 0.4) is 0 Å². The molecule has 70 valence electrons. The number of hydrogen-bond donors (Lipinski definition) is 2. The zero-order valence-electron chi connectivity index (χ0n) is 7.46. The Labute approximate surface area is 72.3 Å². The molecule has 0 spiro atoms. The van der Waals surface area contributed by atoms with Crippen molar-refractivity contribution in [2.24, 2.45) is 0 Å². The van der Waals surface area contributed by atoms with Crippen LogP contribution in [0.1, 0.15) is 19.8 Å². The average Bonchev–Trinajstić information content (AvgIpc) is 1.99. The second-order valence-corrected chi connectivity index (χ2v) is 2.02. The molecule has 4 nitrogen and oxygen atoms in total. The number of carbonyl (C=O) groups is 2. The second-order valence-electron chi connectivity index (χ2n) is 2.02. The molecule has 0 aromatic rings. The summed E-state index contributed by atoms with van der Waals surface area (Å²) in [4.78, 5) is 19.4. The Kier molecular flexibility index (Phi) is 10.7. The van der Waals surface area contributed by atoms with Gasteiger partial charge in [-0.15, -0.1) is 6.58 Å². The molecule has 0 saturated heterocycles. The molecular weight excluding hydrogens is 158 g/mol. The van der Waals surface area contributed by atoms with Gasteiger partial charge < -0.3 is 10.4 Å². The van der Waals surface area contributed by atoms with E-state index >= 15 is 0 Å². The second kappa shape index (κ2) is 9.68. The molecule has 0 bridgehead atoms. The molecule has 0 aliphatic heterocycles. The van der Waals surface area contributed by atoms with E-state index in [1.54, 1.807) is 13.1 Å². The first-order chi connectivity index (χ1) is 5.54. The highest BCUT2D eigenvalue weighted by Gasteiger charge is 1.91. The van der Waals surface area contributed by atoms with Gasteiger partial charge in [-0.1, -0.05) is 6.08 Å². The molecule has 12 heavy (non-hydrogen) atoms. The highest BCUT2D eigenvalue weighted by molar-refractivity contribution is 5.75. The van der Waals surface area contributed by atoms with Crippen molar-refractivity contribution in [2.75, 3.05) is 7.05 Å². The Morgan fingerprint density at radius 3 is 2.25 bits per heavy atom. The molecule has 0 radical (unpaired) electrons. The SMILES string of the molecule is C=CCCC(=O)NC.CC(=O)O. The Hall–Kier alpha value is -1.32. The number of carbonyl (C=O) groups excluding carboxylic acids is 1. The maximum atomic E-state index is 10.4. The lowest BCUT2D eigenvalue weighted by atomic mass is 10.3. The van der Waals surface area contributed by atoms with Gasteiger partial charge in [0.15, 0.2) is 0 Å². The van der Waals surface area contributed by atoms with Gasteiger partial charge in [-0.2, -0.15) is 0 Å². The van der Waals surface area contributed by atoms with Crippen LogP contribution < -0.4 is 5.32 Å². The van der Waals surface area contributed by atoms with Gasteiger partial charge in [-0.25, -0.2) is 0 Å². The smallest absolute Gasteiger partial charge is 0.300 e. The number of carboxylic acids is 1. The van der Waals surface area contributed by atoms with Crippen molar-refractivity contribution in [3.05, 3.63) is 12.7 Å². The first-order valence-corrected chi connectivity index (χ1v) is 3.55. The van der Waals surface area contributed by atoms with Crippen molar-refractivity contribution in [1.82, 2.24) is 5.32 Å². The minimum absolute atomic E-state index is 0.0740. The lowest BCUT2D eigenvalue weighted by Gasteiger charge is -1.92. The summed E-state index contributed by atoms with van der Waals surface area (Å²) in [6.07, 6.45) is 3.05. The van der Waals surface area contributed by atoms with E-state index in [0.29, 0.717) is 6.42 Å². The molecule has 0 atom stereocenters. The van der Waals surface area contributed by atoms with E-state index in [9.17, 15) is 4.79 Å². The van der Waals surface area contributed by atoms with Gasteiger partial charge in [0.2, 0.25) is 5.91 Å². The lowest BCUT2D eigenvalue weighted by molar-refractivity contribution is -0.134. The molecule has 0 aliphatic carbocycles. The van der Waals surface area contributed by atoms with Crippen LogP contribution in [-0.4, -0.2) is 24.0 Å². The van der Waals surface area contributed by atoms with E-state index in [0.717, 1.165) is 13.3 Å². The number of rotatable bonds is 3. The van der Waals surface area contributed by atoms with Gasteiger partial charge in [0.25, 0.3) is 5.97 Å². The zero-order chi connectivity index (χ0) is 9.98. The Balaban J connectivity index is 0. The van der Waals surface area contributed by atoms with E-state index in [1.165, 1.54) is 0 Å². The van der Waals surface area contributed by atoms with E-state index in [4.69, 9.17) is 9.90 Å². The Morgan fingerprint density at radius 1 is 1.58 bits per heavy atom. The van der Waals surface area contributed by atoms with Crippen LogP contribution in [0.5, 0.6) is 0 Å². The van der Waals surface area contributed by atoms with Crippen molar-refractivity contribution < 1.29 is 14.7 Å².